The number of benzene rings is 2. The molecule has 2 aromatic carbocycles. The molecule has 1 heterocycles. The maximum absolute atomic E-state index is 13.6. The van der Waals surface area contributed by atoms with Crippen LogP contribution in [0, 0.1) is 12.8 Å². The lowest BCUT2D eigenvalue weighted by Crippen LogP contribution is -2.55. The molecule has 4 amide bonds. The molecule has 0 spiro atoms. The van der Waals surface area contributed by atoms with Crippen LogP contribution < -0.4 is 16.0 Å². The first-order valence-corrected chi connectivity index (χ1v) is 13.7. The van der Waals surface area contributed by atoms with E-state index in [-0.39, 0.29) is 24.3 Å². The van der Waals surface area contributed by atoms with Gasteiger partial charge < -0.3 is 25.8 Å². The Morgan fingerprint density at radius 3 is 2.20 bits per heavy atom. The third kappa shape index (κ3) is 8.51. The van der Waals surface area contributed by atoms with Crippen LogP contribution in [0.15, 0.2) is 67.0 Å². The van der Waals surface area contributed by atoms with Gasteiger partial charge in [0.1, 0.15) is 12.1 Å². The second-order valence-corrected chi connectivity index (χ2v) is 10.7. The summed E-state index contributed by atoms with van der Waals surface area (Å²) in [6.45, 7) is 7.72. The van der Waals surface area contributed by atoms with Crippen molar-refractivity contribution in [2.24, 2.45) is 5.92 Å². The van der Waals surface area contributed by atoms with E-state index in [1.54, 1.807) is 31.3 Å². The summed E-state index contributed by atoms with van der Waals surface area (Å²) in [6, 6.07) is 15.5. The highest BCUT2D eigenvalue weighted by atomic mass is 16.2. The highest BCUT2D eigenvalue weighted by Gasteiger charge is 2.35. The van der Waals surface area contributed by atoms with Crippen molar-refractivity contribution in [2.75, 3.05) is 13.6 Å². The molecule has 1 aliphatic rings. The molecule has 3 rings (SSSR count). The average Bonchev–Trinajstić information content (AvgIpc) is 2.94. The molecule has 0 aliphatic carbocycles. The standard InChI is InChI=1S/C31H41N5O4/c1-21(2)17-26(34-29(38)23(4)32-5)30(39)33-19-28(37)36-16-15-35(20-25-13-11-22(3)12-14-25)31(40)27(36)18-24-9-7-6-8-10-24/h6-16,21,23,26-27,32H,17-20H2,1-5H3,(H,33,39)(H,34,38)/t23-,26-,27-/m0/s1. The molecule has 9 heteroatoms. The molecule has 40 heavy (non-hydrogen) atoms. The van der Waals surface area contributed by atoms with Crippen molar-refractivity contribution in [3.8, 4) is 0 Å². The molecule has 3 atom stereocenters. The Balaban J connectivity index is 1.74. The minimum absolute atomic E-state index is 0.147. The molecule has 0 saturated heterocycles. The van der Waals surface area contributed by atoms with Gasteiger partial charge in [-0.15, -0.1) is 0 Å². The number of hydrogen-bond acceptors (Lipinski definition) is 5. The summed E-state index contributed by atoms with van der Waals surface area (Å²) < 4.78 is 0. The van der Waals surface area contributed by atoms with Crippen LogP contribution in [0.2, 0.25) is 0 Å². The zero-order valence-electron chi connectivity index (χ0n) is 24.0. The van der Waals surface area contributed by atoms with Crippen LogP contribution in [-0.4, -0.2) is 65.1 Å². The van der Waals surface area contributed by atoms with Crippen molar-refractivity contribution < 1.29 is 19.2 Å². The first-order valence-electron chi connectivity index (χ1n) is 13.7. The van der Waals surface area contributed by atoms with Crippen molar-refractivity contribution in [1.82, 2.24) is 25.8 Å². The van der Waals surface area contributed by atoms with E-state index in [4.69, 9.17) is 0 Å². The van der Waals surface area contributed by atoms with Crippen LogP contribution >= 0.6 is 0 Å². The van der Waals surface area contributed by atoms with Crippen molar-refractivity contribution >= 4 is 23.6 Å². The second-order valence-electron chi connectivity index (χ2n) is 10.7. The second kappa shape index (κ2) is 14.4. The summed E-state index contributed by atoms with van der Waals surface area (Å²) in [5, 5.41) is 8.31. The van der Waals surface area contributed by atoms with Crippen LogP contribution in [-0.2, 0) is 32.1 Å². The quantitative estimate of drug-likeness (QED) is 0.378. The van der Waals surface area contributed by atoms with Gasteiger partial charge in [0, 0.05) is 18.8 Å². The summed E-state index contributed by atoms with van der Waals surface area (Å²) in [4.78, 5) is 55.5. The molecular formula is C31H41N5O4. The van der Waals surface area contributed by atoms with Crippen molar-refractivity contribution in [2.45, 2.75) is 65.2 Å². The summed E-state index contributed by atoms with van der Waals surface area (Å²) in [7, 11) is 1.67. The Morgan fingerprint density at radius 2 is 1.57 bits per heavy atom. The van der Waals surface area contributed by atoms with E-state index < -0.39 is 29.9 Å². The van der Waals surface area contributed by atoms with Crippen LogP contribution in [0.25, 0.3) is 0 Å². The molecule has 0 unspecified atom stereocenters. The Kier molecular flexibility index (Phi) is 11.0. The van der Waals surface area contributed by atoms with Gasteiger partial charge in [0.15, 0.2) is 0 Å². The number of carbonyl (C=O) groups excluding carboxylic acids is 4. The summed E-state index contributed by atoms with van der Waals surface area (Å²) >= 11 is 0. The van der Waals surface area contributed by atoms with E-state index in [2.05, 4.69) is 16.0 Å². The molecule has 3 N–H and O–H groups in total. The Morgan fingerprint density at radius 1 is 0.900 bits per heavy atom. The molecule has 214 valence electrons. The van der Waals surface area contributed by atoms with Crippen LogP contribution in [0.3, 0.4) is 0 Å². The topological polar surface area (TPSA) is 111 Å². The predicted molar refractivity (Wildman–Crippen MR) is 155 cm³/mol. The van der Waals surface area contributed by atoms with Crippen LogP contribution in [0.4, 0.5) is 0 Å². The van der Waals surface area contributed by atoms with E-state index in [0.29, 0.717) is 19.4 Å². The number of aryl methyl sites for hydroxylation is 1. The molecule has 0 bridgehead atoms. The number of likely N-dealkylation sites (N-methyl/N-ethyl adjacent to an activating group) is 1. The fraction of sp³-hybridized carbons (Fsp3) is 0.419. The van der Waals surface area contributed by atoms with Gasteiger partial charge in [-0.3, -0.25) is 19.2 Å². The highest BCUT2D eigenvalue weighted by molar-refractivity contribution is 5.94. The maximum atomic E-state index is 13.6. The maximum Gasteiger partial charge on any atom is 0.250 e. The van der Waals surface area contributed by atoms with Crippen molar-refractivity contribution in [3.63, 3.8) is 0 Å². The summed E-state index contributed by atoms with van der Waals surface area (Å²) in [5.74, 6) is -1.19. The third-order valence-electron chi connectivity index (χ3n) is 6.92. The highest BCUT2D eigenvalue weighted by Crippen LogP contribution is 2.20. The van der Waals surface area contributed by atoms with Gasteiger partial charge in [-0.25, -0.2) is 0 Å². The molecule has 1 aliphatic heterocycles. The van der Waals surface area contributed by atoms with Gasteiger partial charge in [0.2, 0.25) is 23.6 Å². The SMILES string of the molecule is CN[C@@H](C)C(=O)N[C@@H](CC(C)C)C(=O)NCC(=O)N1C=CN(Cc2ccc(C)cc2)C(=O)[C@@H]1Cc1ccccc1. The summed E-state index contributed by atoms with van der Waals surface area (Å²) in [5.41, 5.74) is 3.04. The van der Waals surface area contributed by atoms with E-state index >= 15 is 0 Å². The van der Waals surface area contributed by atoms with Gasteiger partial charge >= 0.3 is 0 Å². The van der Waals surface area contributed by atoms with E-state index in [0.717, 1.165) is 16.7 Å². The first-order chi connectivity index (χ1) is 19.1. The minimum Gasteiger partial charge on any atom is -0.345 e. The fourth-order valence-corrected chi connectivity index (χ4v) is 4.45. The summed E-state index contributed by atoms with van der Waals surface area (Å²) in [6.07, 6.45) is 3.99. The zero-order valence-corrected chi connectivity index (χ0v) is 24.0. The van der Waals surface area contributed by atoms with E-state index in [1.807, 2.05) is 75.4 Å². The number of amides is 4. The largest absolute Gasteiger partial charge is 0.345 e. The van der Waals surface area contributed by atoms with Gasteiger partial charge in [-0.1, -0.05) is 74.0 Å². The molecule has 2 aromatic rings. The monoisotopic (exact) mass is 547 g/mol. The Labute approximate surface area is 237 Å². The smallest absolute Gasteiger partial charge is 0.250 e. The van der Waals surface area contributed by atoms with Crippen molar-refractivity contribution in [1.29, 1.82) is 0 Å². The number of nitrogens with one attached hydrogen (secondary N) is 3. The first kappa shape index (κ1) is 30.6. The van der Waals surface area contributed by atoms with Crippen LogP contribution in [0.1, 0.15) is 43.9 Å². The lowest BCUT2D eigenvalue weighted by atomic mass is 10.0. The molecule has 0 saturated carbocycles. The third-order valence-corrected chi connectivity index (χ3v) is 6.92. The Hall–Kier alpha value is -3.98. The molecular weight excluding hydrogens is 506 g/mol. The van der Waals surface area contributed by atoms with Crippen LogP contribution in [0.5, 0.6) is 0 Å². The van der Waals surface area contributed by atoms with E-state index in [9.17, 15) is 19.2 Å². The zero-order chi connectivity index (χ0) is 29.2. The van der Waals surface area contributed by atoms with Gasteiger partial charge in [-0.05, 0) is 44.4 Å². The lowest BCUT2D eigenvalue weighted by Gasteiger charge is -2.36. The molecule has 9 nitrogen and oxygen atoms in total. The number of rotatable bonds is 12. The van der Waals surface area contributed by atoms with Gasteiger partial charge in [0.05, 0.1) is 19.1 Å². The van der Waals surface area contributed by atoms with Gasteiger partial charge in [-0.2, -0.15) is 0 Å². The molecule has 0 radical (unpaired) electrons. The Bertz CT molecular complexity index is 1200. The normalized spacial score (nSPS) is 16.6. The van der Waals surface area contributed by atoms with Crippen molar-refractivity contribution in [3.05, 3.63) is 83.7 Å². The molecule has 0 aromatic heterocycles. The number of nitrogens with zero attached hydrogens (tertiary/aromatic N) is 2. The number of carbonyl (C=O) groups is 4. The van der Waals surface area contributed by atoms with Gasteiger partial charge in [0.25, 0.3) is 0 Å². The average molecular weight is 548 g/mol. The lowest BCUT2D eigenvalue weighted by molar-refractivity contribution is -0.143. The van der Waals surface area contributed by atoms with E-state index in [1.165, 1.54) is 4.90 Å². The molecule has 0 fully saturated rings. The minimum atomic E-state index is -0.778. The predicted octanol–water partition coefficient (Wildman–Crippen LogP) is 2.50. The number of hydrogen-bond donors (Lipinski definition) is 3. The fourth-order valence-electron chi connectivity index (χ4n) is 4.45.